The van der Waals surface area contributed by atoms with Crippen LogP contribution in [0.5, 0.6) is 0 Å². The zero-order valence-electron chi connectivity index (χ0n) is 27.7. The normalized spacial score (nSPS) is 12.9. The van der Waals surface area contributed by atoms with Crippen LogP contribution in [0.3, 0.4) is 0 Å². The maximum Gasteiger partial charge on any atom is 0.165 e. The standard InChI is InChI=1S/C48H31N3/c1-6-18-32(19-7-1)41-37-28-16-30-39-42(37)43-38(29-17-31-40(43)48(39,35-24-12-4-13-25-35)36-26-14-5-15-27-36)44(41)47-50-45(33-20-8-2-9-21-33)49-46(51-47)34-22-10-3-11-23-34/h1-31H. The molecule has 238 valence electrons. The summed E-state index contributed by atoms with van der Waals surface area (Å²) in [4.78, 5) is 15.7. The summed E-state index contributed by atoms with van der Waals surface area (Å²) in [6, 6.07) is 66.8. The fourth-order valence-corrected chi connectivity index (χ4v) is 8.32. The Bertz CT molecular complexity index is 2610. The predicted octanol–water partition coefficient (Wildman–Crippen LogP) is 11.5. The second kappa shape index (κ2) is 11.7. The van der Waals surface area contributed by atoms with E-state index >= 15 is 0 Å². The van der Waals surface area contributed by atoms with Crippen LogP contribution < -0.4 is 0 Å². The van der Waals surface area contributed by atoms with Crippen LogP contribution in [0.4, 0.5) is 0 Å². The molecule has 0 amide bonds. The molecule has 10 rings (SSSR count). The Labute approximate surface area is 296 Å². The summed E-state index contributed by atoms with van der Waals surface area (Å²) < 4.78 is 0. The first-order valence-electron chi connectivity index (χ1n) is 17.4. The van der Waals surface area contributed by atoms with Gasteiger partial charge in [0.25, 0.3) is 0 Å². The van der Waals surface area contributed by atoms with Gasteiger partial charge in [-0.1, -0.05) is 188 Å². The first-order valence-corrected chi connectivity index (χ1v) is 17.4. The summed E-state index contributed by atoms with van der Waals surface area (Å²) in [6.45, 7) is 0. The summed E-state index contributed by atoms with van der Waals surface area (Å²) >= 11 is 0. The molecule has 0 N–H and O–H groups in total. The molecule has 0 aliphatic heterocycles. The molecule has 0 fully saturated rings. The van der Waals surface area contributed by atoms with E-state index in [1.54, 1.807) is 0 Å². The van der Waals surface area contributed by atoms with E-state index in [0.717, 1.165) is 33.2 Å². The van der Waals surface area contributed by atoms with Gasteiger partial charge in [0.1, 0.15) is 0 Å². The highest BCUT2D eigenvalue weighted by atomic mass is 15.0. The Hall–Kier alpha value is -6.71. The van der Waals surface area contributed by atoms with Crippen LogP contribution in [0.15, 0.2) is 188 Å². The number of hydrogen-bond donors (Lipinski definition) is 0. The van der Waals surface area contributed by atoms with Gasteiger partial charge in [0.05, 0.1) is 5.41 Å². The van der Waals surface area contributed by atoms with Crippen LogP contribution in [0.1, 0.15) is 22.3 Å². The van der Waals surface area contributed by atoms with Crippen molar-refractivity contribution in [1.29, 1.82) is 0 Å². The van der Waals surface area contributed by atoms with E-state index in [2.05, 4.69) is 152 Å². The molecule has 1 aliphatic rings. The molecule has 0 unspecified atom stereocenters. The fraction of sp³-hybridized carbons (Fsp3) is 0.0208. The highest BCUT2D eigenvalue weighted by Gasteiger charge is 2.45. The maximum absolute atomic E-state index is 5.32. The molecule has 0 saturated heterocycles. The van der Waals surface area contributed by atoms with Gasteiger partial charge >= 0.3 is 0 Å². The van der Waals surface area contributed by atoms with Crippen molar-refractivity contribution in [1.82, 2.24) is 15.0 Å². The molecular formula is C48H31N3. The summed E-state index contributed by atoms with van der Waals surface area (Å²) in [5.74, 6) is 1.95. The molecule has 0 radical (unpaired) electrons. The monoisotopic (exact) mass is 649 g/mol. The minimum atomic E-state index is -0.514. The molecular weight excluding hydrogens is 619 g/mol. The Balaban J connectivity index is 1.40. The van der Waals surface area contributed by atoms with E-state index in [4.69, 9.17) is 15.0 Å². The zero-order valence-corrected chi connectivity index (χ0v) is 27.7. The second-order valence-corrected chi connectivity index (χ2v) is 13.1. The van der Waals surface area contributed by atoms with Crippen LogP contribution >= 0.6 is 0 Å². The van der Waals surface area contributed by atoms with Crippen molar-refractivity contribution >= 4 is 21.5 Å². The number of rotatable bonds is 6. The van der Waals surface area contributed by atoms with Gasteiger partial charge in [-0.05, 0) is 49.4 Å². The number of benzene rings is 8. The molecule has 0 bridgehead atoms. The van der Waals surface area contributed by atoms with Crippen molar-refractivity contribution in [3.05, 3.63) is 210 Å². The summed E-state index contributed by atoms with van der Waals surface area (Å²) in [5, 5.41) is 4.84. The molecule has 1 aromatic heterocycles. The van der Waals surface area contributed by atoms with Gasteiger partial charge in [-0.25, -0.2) is 15.0 Å². The van der Waals surface area contributed by atoms with Gasteiger partial charge in [0.15, 0.2) is 17.5 Å². The van der Waals surface area contributed by atoms with E-state index in [0.29, 0.717) is 17.5 Å². The predicted molar refractivity (Wildman–Crippen MR) is 208 cm³/mol. The molecule has 1 aliphatic carbocycles. The van der Waals surface area contributed by atoms with Crippen molar-refractivity contribution in [2.75, 3.05) is 0 Å². The van der Waals surface area contributed by atoms with Crippen molar-refractivity contribution < 1.29 is 0 Å². The Morgan fingerprint density at radius 1 is 0.294 bits per heavy atom. The third-order valence-corrected chi connectivity index (χ3v) is 10.4. The van der Waals surface area contributed by atoms with E-state index < -0.39 is 5.41 Å². The summed E-state index contributed by atoms with van der Waals surface area (Å²) in [5.41, 5.74) is 9.68. The van der Waals surface area contributed by atoms with Gasteiger partial charge in [-0.3, -0.25) is 0 Å². The quantitative estimate of drug-likeness (QED) is 0.168. The van der Waals surface area contributed by atoms with Gasteiger partial charge in [-0.15, -0.1) is 0 Å². The zero-order chi connectivity index (χ0) is 33.8. The third kappa shape index (κ3) is 4.42. The third-order valence-electron chi connectivity index (χ3n) is 10.4. The Morgan fingerprint density at radius 3 is 1.12 bits per heavy atom. The molecule has 0 saturated carbocycles. The topological polar surface area (TPSA) is 38.7 Å². The molecule has 3 heteroatoms. The lowest BCUT2D eigenvalue weighted by molar-refractivity contribution is 0.771. The Morgan fingerprint density at radius 2 is 0.667 bits per heavy atom. The van der Waals surface area contributed by atoms with E-state index in [9.17, 15) is 0 Å². The minimum absolute atomic E-state index is 0.514. The van der Waals surface area contributed by atoms with E-state index in [1.807, 2.05) is 36.4 Å². The lowest BCUT2D eigenvalue weighted by Gasteiger charge is -2.34. The minimum Gasteiger partial charge on any atom is -0.208 e. The molecule has 9 aromatic rings. The summed E-state index contributed by atoms with van der Waals surface area (Å²) in [6.07, 6.45) is 0. The first kappa shape index (κ1) is 29.2. The van der Waals surface area contributed by atoms with Crippen LogP contribution in [0, 0.1) is 0 Å². The maximum atomic E-state index is 5.32. The lowest BCUT2D eigenvalue weighted by atomic mass is 9.67. The smallest absolute Gasteiger partial charge is 0.165 e. The fourth-order valence-electron chi connectivity index (χ4n) is 8.32. The molecule has 3 nitrogen and oxygen atoms in total. The lowest BCUT2D eigenvalue weighted by Crippen LogP contribution is -2.28. The van der Waals surface area contributed by atoms with Crippen LogP contribution in [0.2, 0.25) is 0 Å². The van der Waals surface area contributed by atoms with Gasteiger partial charge in [0, 0.05) is 22.3 Å². The van der Waals surface area contributed by atoms with Crippen molar-refractivity contribution in [2.24, 2.45) is 0 Å². The molecule has 0 spiro atoms. The number of nitrogens with zero attached hydrogens (tertiary/aromatic N) is 3. The number of hydrogen-bond acceptors (Lipinski definition) is 3. The summed E-state index contributed by atoms with van der Waals surface area (Å²) in [7, 11) is 0. The molecule has 51 heavy (non-hydrogen) atoms. The average molecular weight is 650 g/mol. The van der Waals surface area contributed by atoms with Crippen molar-refractivity contribution in [3.8, 4) is 45.3 Å². The van der Waals surface area contributed by atoms with Gasteiger partial charge < -0.3 is 0 Å². The van der Waals surface area contributed by atoms with Crippen molar-refractivity contribution in [3.63, 3.8) is 0 Å². The molecule has 8 aromatic carbocycles. The molecule has 1 heterocycles. The largest absolute Gasteiger partial charge is 0.208 e. The SMILES string of the molecule is c1ccc(-c2nc(-c3ccccc3)nc(-c3c(-c4ccccc4)c4cccc5c4c4c(cccc34)C5(c3ccccc3)c3ccccc3)n2)cc1. The highest BCUT2D eigenvalue weighted by Crippen LogP contribution is 2.58. The average Bonchev–Trinajstić information content (AvgIpc) is 3.53. The first-order chi connectivity index (χ1) is 25.3. The second-order valence-electron chi connectivity index (χ2n) is 13.1. The van der Waals surface area contributed by atoms with Gasteiger partial charge in [0.2, 0.25) is 0 Å². The van der Waals surface area contributed by atoms with Gasteiger partial charge in [-0.2, -0.15) is 0 Å². The van der Waals surface area contributed by atoms with Crippen LogP contribution in [-0.2, 0) is 5.41 Å². The Kier molecular flexibility index (Phi) is 6.71. The van der Waals surface area contributed by atoms with Crippen LogP contribution in [-0.4, -0.2) is 15.0 Å². The van der Waals surface area contributed by atoms with E-state index in [1.165, 1.54) is 38.4 Å². The highest BCUT2D eigenvalue weighted by molar-refractivity contribution is 6.26. The van der Waals surface area contributed by atoms with Crippen LogP contribution in [0.25, 0.3) is 66.8 Å². The van der Waals surface area contributed by atoms with E-state index in [-0.39, 0.29) is 0 Å². The molecule has 0 atom stereocenters. The number of aromatic nitrogens is 3. The van der Waals surface area contributed by atoms with Crippen molar-refractivity contribution in [2.45, 2.75) is 5.41 Å².